The highest BCUT2D eigenvalue weighted by molar-refractivity contribution is 14.1. The molecule has 0 bridgehead atoms. The van der Waals surface area contributed by atoms with E-state index in [0.29, 0.717) is 24.0 Å². The molecule has 1 aromatic heterocycles. The molecule has 0 aliphatic rings. The molecule has 0 spiro atoms. The van der Waals surface area contributed by atoms with Crippen molar-refractivity contribution >= 4 is 68.3 Å². The third-order valence-corrected chi connectivity index (χ3v) is 7.06. The highest BCUT2D eigenvalue weighted by atomic mass is 127. The van der Waals surface area contributed by atoms with Gasteiger partial charge >= 0.3 is 12.1 Å². The molecular formula is C27H20F3I2N3O4. The van der Waals surface area contributed by atoms with Gasteiger partial charge in [-0.2, -0.15) is 22.9 Å². The first-order valence-electron chi connectivity index (χ1n) is 11.6. The van der Waals surface area contributed by atoms with E-state index in [-0.39, 0.29) is 23.4 Å². The van der Waals surface area contributed by atoms with E-state index >= 15 is 0 Å². The zero-order valence-electron chi connectivity index (χ0n) is 20.5. The molecule has 0 saturated carbocycles. The fraction of sp³-hybridized carbons (Fsp3) is 0.185. The summed E-state index contributed by atoms with van der Waals surface area (Å²) in [7, 11) is 0. The van der Waals surface area contributed by atoms with Gasteiger partial charge in [-0.15, -0.1) is 0 Å². The molecule has 0 radical (unpaired) electrons. The lowest BCUT2D eigenvalue weighted by Crippen LogP contribution is -2.26. The zero-order valence-corrected chi connectivity index (χ0v) is 24.8. The summed E-state index contributed by atoms with van der Waals surface area (Å²) in [5.74, 6) is -0.0307. The van der Waals surface area contributed by atoms with Gasteiger partial charge in [-0.3, -0.25) is 4.79 Å². The van der Waals surface area contributed by atoms with Gasteiger partial charge in [0.15, 0.2) is 11.9 Å². The van der Waals surface area contributed by atoms with Crippen molar-refractivity contribution < 1.29 is 27.4 Å². The summed E-state index contributed by atoms with van der Waals surface area (Å²) >= 11 is 4.12. The lowest BCUT2D eigenvalue weighted by Gasteiger charge is -2.16. The number of alkyl halides is 3. The largest absolute Gasteiger partial charge is 0.477 e. The number of nitrogens with zero attached hydrogens (tertiary/aromatic N) is 3. The molecule has 12 heteroatoms. The summed E-state index contributed by atoms with van der Waals surface area (Å²) in [5.41, 5.74) is -0.380. The van der Waals surface area contributed by atoms with Crippen molar-refractivity contribution in [2.24, 2.45) is 5.10 Å². The van der Waals surface area contributed by atoms with Crippen molar-refractivity contribution in [3.8, 4) is 17.1 Å². The fourth-order valence-corrected chi connectivity index (χ4v) is 5.70. The van der Waals surface area contributed by atoms with Crippen LogP contribution in [-0.2, 0) is 15.7 Å². The molecule has 0 aliphatic carbocycles. The minimum absolute atomic E-state index is 0.0336. The number of carbonyl (C=O) groups is 1. The van der Waals surface area contributed by atoms with Crippen LogP contribution in [0.3, 0.4) is 0 Å². The first-order valence-corrected chi connectivity index (χ1v) is 13.7. The number of aromatic nitrogens is 2. The molecule has 1 atom stereocenters. The third kappa shape index (κ3) is 6.59. The molecule has 0 fully saturated rings. The van der Waals surface area contributed by atoms with Crippen LogP contribution in [0.2, 0.25) is 0 Å². The molecule has 1 heterocycles. The Morgan fingerprint density at radius 1 is 1.10 bits per heavy atom. The topological polar surface area (TPSA) is 82.8 Å². The Balaban J connectivity index is 1.78. The SMILES string of the molecule is CCOC(=O)[C@H](C)Oc1c(I)cc(C=Nn2c(-c3cccc(C(F)(F)F)c3)nc3ccccc3c2=O)cc1I. The van der Waals surface area contributed by atoms with E-state index in [1.54, 1.807) is 50.2 Å². The van der Waals surface area contributed by atoms with E-state index < -0.39 is 29.4 Å². The van der Waals surface area contributed by atoms with E-state index in [1.165, 1.54) is 18.3 Å². The van der Waals surface area contributed by atoms with Gasteiger partial charge in [0.1, 0.15) is 5.75 Å². The summed E-state index contributed by atoms with van der Waals surface area (Å²) in [4.78, 5) is 29.8. The molecule has 0 N–H and O–H groups in total. The van der Waals surface area contributed by atoms with E-state index in [2.05, 4.69) is 55.3 Å². The van der Waals surface area contributed by atoms with Crippen LogP contribution in [0.1, 0.15) is 25.0 Å². The monoisotopic (exact) mass is 761 g/mol. The Morgan fingerprint density at radius 2 is 1.79 bits per heavy atom. The van der Waals surface area contributed by atoms with Gasteiger partial charge in [-0.25, -0.2) is 9.78 Å². The number of rotatable bonds is 7. The number of fused-ring (bicyclic) bond motifs is 1. The van der Waals surface area contributed by atoms with E-state index in [9.17, 15) is 22.8 Å². The summed E-state index contributed by atoms with van der Waals surface area (Å²) < 4.78 is 53.3. The second-order valence-electron chi connectivity index (χ2n) is 8.22. The van der Waals surface area contributed by atoms with Gasteiger partial charge in [-0.1, -0.05) is 24.3 Å². The fourth-order valence-electron chi connectivity index (χ4n) is 3.63. The van der Waals surface area contributed by atoms with E-state index in [4.69, 9.17) is 9.47 Å². The minimum Gasteiger partial charge on any atom is -0.477 e. The average Bonchev–Trinajstić information content (AvgIpc) is 2.89. The molecule has 3 aromatic carbocycles. The summed E-state index contributed by atoms with van der Waals surface area (Å²) in [6.45, 7) is 3.54. The quantitative estimate of drug-likeness (QED) is 0.122. The Hall–Kier alpha value is -3.01. The maximum absolute atomic E-state index is 13.4. The first kappa shape index (κ1) is 29.0. The predicted molar refractivity (Wildman–Crippen MR) is 158 cm³/mol. The molecule has 39 heavy (non-hydrogen) atoms. The number of hydrogen-bond donors (Lipinski definition) is 0. The molecular weight excluding hydrogens is 741 g/mol. The van der Waals surface area contributed by atoms with Crippen LogP contribution < -0.4 is 10.3 Å². The highest BCUT2D eigenvalue weighted by Gasteiger charge is 2.31. The van der Waals surface area contributed by atoms with Crippen molar-refractivity contribution in [1.82, 2.24) is 9.66 Å². The average molecular weight is 761 g/mol. The first-order chi connectivity index (χ1) is 18.5. The Labute approximate surface area is 248 Å². The van der Waals surface area contributed by atoms with Gasteiger partial charge in [-0.05, 0) is 101 Å². The van der Waals surface area contributed by atoms with Gasteiger partial charge in [0, 0.05) is 5.56 Å². The molecule has 0 saturated heterocycles. The van der Waals surface area contributed by atoms with Crippen molar-refractivity contribution in [2.75, 3.05) is 6.61 Å². The van der Waals surface area contributed by atoms with Gasteiger partial charge in [0.25, 0.3) is 5.56 Å². The second kappa shape index (κ2) is 12.0. The van der Waals surface area contributed by atoms with Crippen molar-refractivity contribution in [2.45, 2.75) is 26.1 Å². The van der Waals surface area contributed by atoms with Gasteiger partial charge in [0.05, 0.1) is 36.4 Å². The normalized spacial score (nSPS) is 12.6. The number of halogens is 5. The predicted octanol–water partition coefficient (Wildman–Crippen LogP) is 6.50. The van der Waals surface area contributed by atoms with Crippen molar-refractivity contribution in [3.63, 3.8) is 0 Å². The number of benzene rings is 3. The number of ether oxygens (including phenoxy) is 2. The van der Waals surface area contributed by atoms with Gasteiger partial charge in [0.2, 0.25) is 0 Å². The molecule has 0 amide bonds. The minimum atomic E-state index is -4.57. The van der Waals surface area contributed by atoms with Crippen LogP contribution in [0.25, 0.3) is 22.3 Å². The summed E-state index contributed by atoms with van der Waals surface area (Å²) in [6, 6.07) is 14.6. The summed E-state index contributed by atoms with van der Waals surface area (Å²) in [5, 5.41) is 4.60. The molecule has 7 nitrogen and oxygen atoms in total. The number of carbonyl (C=O) groups excluding carboxylic acids is 1. The molecule has 0 unspecified atom stereocenters. The number of esters is 1. The van der Waals surface area contributed by atoms with Crippen LogP contribution in [0.5, 0.6) is 5.75 Å². The maximum Gasteiger partial charge on any atom is 0.416 e. The number of para-hydroxylation sites is 1. The van der Waals surface area contributed by atoms with E-state index in [0.717, 1.165) is 16.8 Å². The molecule has 0 aliphatic heterocycles. The standard InChI is InChI=1S/C27H20F3I2N3O4/c1-3-38-26(37)15(2)39-23-20(31)11-16(12-21(23)32)14-33-35-24(17-7-6-8-18(13-17)27(28,29)30)34-22-10-5-4-9-19(22)25(35)36/h4-15H,3H2,1-2H3/t15-/m0/s1. The highest BCUT2D eigenvalue weighted by Crippen LogP contribution is 2.32. The number of hydrogen-bond acceptors (Lipinski definition) is 6. The molecule has 202 valence electrons. The van der Waals surface area contributed by atoms with Crippen LogP contribution in [0.4, 0.5) is 13.2 Å². The molecule has 4 rings (SSSR count). The third-order valence-electron chi connectivity index (χ3n) is 5.46. The van der Waals surface area contributed by atoms with E-state index in [1.807, 2.05) is 0 Å². The smallest absolute Gasteiger partial charge is 0.416 e. The lowest BCUT2D eigenvalue weighted by atomic mass is 10.1. The lowest BCUT2D eigenvalue weighted by molar-refractivity contribution is -0.150. The van der Waals surface area contributed by atoms with Crippen molar-refractivity contribution in [3.05, 3.63) is 89.3 Å². The van der Waals surface area contributed by atoms with Crippen LogP contribution in [0, 0.1) is 7.14 Å². The molecule has 4 aromatic rings. The van der Waals surface area contributed by atoms with Crippen molar-refractivity contribution in [1.29, 1.82) is 0 Å². The Kier molecular flexibility index (Phi) is 8.93. The van der Waals surface area contributed by atoms with Gasteiger partial charge < -0.3 is 9.47 Å². The van der Waals surface area contributed by atoms with Crippen LogP contribution in [0.15, 0.2) is 70.6 Å². The maximum atomic E-state index is 13.4. The summed E-state index contributed by atoms with van der Waals surface area (Å²) in [6.07, 6.45) is -3.97. The Morgan fingerprint density at radius 3 is 2.46 bits per heavy atom. The zero-order chi connectivity index (χ0) is 28.3. The van der Waals surface area contributed by atoms with Crippen LogP contribution in [-0.4, -0.2) is 34.6 Å². The second-order valence-corrected chi connectivity index (χ2v) is 10.5. The van der Waals surface area contributed by atoms with Crippen LogP contribution >= 0.6 is 45.2 Å². The Bertz CT molecular complexity index is 1610.